The zero-order chi connectivity index (χ0) is 31.8. The molecule has 5 rings (SSSR count). The molecule has 236 valence electrons. The summed E-state index contributed by atoms with van der Waals surface area (Å²) in [4.78, 5) is 20.5. The average molecular weight is 652 g/mol. The number of hydrogen-bond acceptors (Lipinski definition) is 9. The SMILES string of the molecule is COc1cc(-c2nccc(-c3cccc(Nc4nccc(CNCCO)c4OC)c3Cl)c2Cl)ccc1CNC[C@@H]1CCC(=O)N1. The second-order valence-electron chi connectivity index (χ2n) is 10.5. The Kier molecular flexibility index (Phi) is 11.1. The van der Waals surface area contributed by atoms with Crippen molar-refractivity contribution in [3.05, 3.63) is 82.1 Å². The number of halogens is 2. The van der Waals surface area contributed by atoms with E-state index in [0.717, 1.165) is 34.2 Å². The first-order chi connectivity index (χ1) is 21.9. The van der Waals surface area contributed by atoms with Crippen LogP contribution in [0.1, 0.15) is 24.0 Å². The standard InChI is InChI=1S/C33H36Cl2N6O4/c1-44-27-16-20(6-7-21(27)17-37-19-23-8-9-28(43)40-23)31-30(35)25(11-13-38-31)24-4-3-5-26(29(24)34)41-33-32(45-2)22(10-12-39-33)18-36-14-15-42/h3-7,10-13,16,23,36-37,42H,8-9,14-15,17-19H2,1-2H3,(H,39,41)(H,40,43)/t23-/m0/s1. The van der Waals surface area contributed by atoms with Crippen molar-refractivity contribution in [2.75, 3.05) is 39.2 Å². The molecular formula is C33H36Cl2N6O4. The van der Waals surface area contributed by atoms with Gasteiger partial charge in [0, 0.05) is 78.9 Å². The summed E-state index contributed by atoms with van der Waals surface area (Å²) in [6, 6.07) is 15.4. The highest BCUT2D eigenvalue weighted by Crippen LogP contribution is 2.42. The third kappa shape index (κ3) is 7.66. The number of hydrogen-bond donors (Lipinski definition) is 5. The second-order valence-corrected chi connectivity index (χ2v) is 11.3. The predicted octanol–water partition coefficient (Wildman–Crippen LogP) is 5.33. The fourth-order valence-corrected chi connectivity index (χ4v) is 5.91. The van der Waals surface area contributed by atoms with Crippen LogP contribution in [-0.4, -0.2) is 60.9 Å². The van der Waals surface area contributed by atoms with E-state index >= 15 is 0 Å². The van der Waals surface area contributed by atoms with Gasteiger partial charge in [-0.15, -0.1) is 0 Å². The van der Waals surface area contributed by atoms with Crippen LogP contribution in [0, 0.1) is 0 Å². The Labute approximate surface area is 272 Å². The molecule has 0 radical (unpaired) electrons. The van der Waals surface area contributed by atoms with Crippen molar-refractivity contribution in [1.82, 2.24) is 25.9 Å². The fraction of sp³-hybridized carbons (Fsp3) is 0.303. The van der Waals surface area contributed by atoms with Crippen LogP contribution in [0.15, 0.2) is 60.9 Å². The van der Waals surface area contributed by atoms with Gasteiger partial charge in [-0.25, -0.2) is 4.98 Å². The zero-order valence-corrected chi connectivity index (χ0v) is 26.6. The first kappa shape index (κ1) is 32.5. The number of rotatable bonds is 14. The lowest BCUT2D eigenvalue weighted by Crippen LogP contribution is -2.35. The highest BCUT2D eigenvalue weighted by atomic mass is 35.5. The minimum absolute atomic E-state index is 0.0415. The molecule has 0 aliphatic carbocycles. The van der Waals surface area contributed by atoms with Gasteiger partial charge in [-0.2, -0.15) is 0 Å². The molecule has 1 amide bonds. The summed E-state index contributed by atoms with van der Waals surface area (Å²) in [5.74, 6) is 1.89. The van der Waals surface area contributed by atoms with Crippen molar-refractivity contribution >= 4 is 40.6 Å². The Balaban J connectivity index is 1.38. The molecule has 1 saturated heterocycles. The van der Waals surface area contributed by atoms with Crippen LogP contribution in [0.25, 0.3) is 22.4 Å². The summed E-state index contributed by atoms with van der Waals surface area (Å²) >= 11 is 14.0. The maximum atomic E-state index is 11.5. The summed E-state index contributed by atoms with van der Waals surface area (Å²) in [7, 11) is 3.22. The Morgan fingerprint density at radius 1 is 0.956 bits per heavy atom. The first-order valence-corrected chi connectivity index (χ1v) is 15.4. The normalized spacial score (nSPS) is 14.3. The van der Waals surface area contributed by atoms with E-state index in [2.05, 4.69) is 31.2 Å². The van der Waals surface area contributed by atoms with E-state index in [1.165, 1.54) is 0 Å². The van der Waals surface area contributed by atoms with Crippen LogP contribution in [0.2, 0.25) is 10.0 Å². The summed E-state index contributed by atoms with van der Waals surface area (Å²) in [5.41, 5.74) is 5.35. The highest BCUT2D eigenvalue weighted by Gasteiger charge is 2.21. The molecule has 1 aliphatic rings. The van der Waals surface area contributed by atoms with E-state index in [1.54, 1.807) is 26.6 Å². The average Bonchev–Trinajstić information content (AvgIpc) is 3.47. The molecule has 12 heteroatoms. The van der Waals surface area contributed by atoms with Gasteiger partial charge in [0.05, 0.1) is 42.3 Å². The largest absolute Gasteiger partial charge is 0.496 e. The lowest BCUT2D eigenvalue weighted by molar-refractivity contribution is -0.119. The van der Waals surface area contributed by atoms with E-state index in [0.29, 0.717) is 71.3 Å². The van der Waals surface area contributed by atoms with Gasteiger partial charge in [0.15, 0.2) is 11.6 Å². The molecule has 0 saturated carbocycles. The Hall–Kier alpha value is -3.93. The number of methoxy groups -OCH3 is 2. The number of pyridine rings is 2. The number of nitrogens with zero attached hydrogens (tertiary/aromatic N) is 2. The summed E-state index contributed by atoms with van der Waals surface area (Å²) < 4.78 is 11.4. The summed E-state index contributed by atoms with van der Waals surface area (Å²) in [5, 5.41) is 22.9. The fourth-order valence-electron chi connectivity index (χ4n) is 5.31. The van der Waals surface area contributed by atoms with Crippen molar-refractivity contribution in [2.45, 2.75) is 32.0 Å². The van der Waals surface area contributed by atoms with Gasteiger partial charge in [0.2, 0.25) is 5.91 Å². The Morgan fingerprint density at radius 3 is 2.51 bits per heavy atom. The molecule has 45 heavy (non-hydrogen) atoms. The van der Waals surface area contributed by atoms with Crippen molar-refractivity contribution in [2.24, 2.45) is 0 Å². The number of benzene rings is 2. The summed E-state index contributed by atoms with van der Waals surface area (Å²) in [6.07, 6.45) is 4.81. The number of aliphatic hydroxyl groups excluding tert-OH is 1. The van der Waals surface area contributed by atoms with Crippen LogP contribution < -0.4 is 30.7 Å². The maximum absolute atomic E-state index is 11.5. The molecule has 10 nitrogen and oxygen atoms in total. The van der Waals surface area contributed by atoms with E-state index in [1.807, 2.05) is 48.5 Å². The van der Waals surface area contributed by atoms with E-state index in [-0.39, 0.29) is 18.6 Å². The van der Waals surface area contributed by atoms with Crippen molar-refractivity contribution in [1.29, 1.82) is 0 Å². The highest BCUT2D eigenvalue weighted by molar-refractivity contribution is 6.39. The van der Waals surface area contributed by atoms with Crippen LogP contribution in [-0.2, 0) is 17.9 Å². The van der Waals surface area contributed by atoms with Gasteiger partial charge in [-0.05, 0) is 30.7 Å². The zero-order valence-electron chi connectivity index (χ0n) is 25.1. The van der Waals surface area contributed by atoms with Crippen LogP contribution >= 0.6 is 23.2 Å². The number of aromatic nitrogens is 2. The van der Waals surface area contributed by atoms with Crippen molar-refractivity contribution in [3.8, 4) is 33.9 Å². The van der Waals surface area contributed by atoms with Gasteiger partial charge < -0.3 is 35.8 Å². The lowest BCUT2D eigenvalue weighted by Gasteiger charge is -2.17. The molecule has 2 aromatic carbocycles. The van der Waals surface area contributed by atoms with Crippen LogP contribution in [0.5, 0.6) is 11.5 Å². The molecule has 1 atom stereocenters. The Morgan fingerprint density at radius 2 is 1.76 bits per heavy atom. The molecule has 1 aliphatic heterocycles. The number of nitrogens with one attached hydrogen (secondary N) is 4. The first-order valence-electron chi connectivity index (χ1n) is 14.6. The van der Waals surface area contributed by atoms with Gasteiger partial charge in [0.25, 0.3) is 0 Å². The molecule has 1 fully saturated rings. The number of aliphatic hydroxyl groups is 1. The number of anilines is 2. The second kappa shape index (κ2) is 15.4. The molecule has 0 spiro atoms. The molecule has 3 heterocycles. The minimum Gasteiger partial charge on any atom is -0.496 e. The molecule has 0 bridgehead atoms. The van der Waals surface area contributed by atoms with E-state index < -0.39 is 0 Å². The molecule has 4 aromatic rings. The minimum atomic E-state index is 0.0415. The number of carbonyl (C=O) groups is 1. The maximum Gasteiger partial charge on any atom is 0.220 e. The van der Waals surface area contributed by atoms with Crippen molar-refractivity contribution < 1.29 is 19.4 Å². The third-order valence-electron chi connectivity index (χ3n) is 7.58. The quantitative estimate of drug-likeness (QED) is 0.115. The Bertz CT molecular complexity index is 1650. The van der Waals surface area contributed by atoms with E-state index in [4.69, 9.17) is 37.8 Å². The number of ether oxygens (including phenoxy) is 2. The number of amides is 1. The lowest BCUT2D eigenvalue weighted by atomic mass is 10.0. The molecule has 5 N–H and O–H groups in total. The smallest absolute Gasteiger partial charge is 0.220 e. The van der Waals surface area contributed by atoms with Gasteiger partial charge in [-0.1, -0.05) is 47.5 Å². The van der Waals surface area contributed by atoms with Crippen LogP contribution in [0.4, 0.5) is 11.5 Å². The topological polar surface area (TPSA) is 130 Å². The predicted molar refractivity (Wildman–Crippen MR) is 177 cm³/mol. The van der Waals surface area contributed by atoms with Gasteiger partial charge in [0.1, 0.15) is 5.75 Å². The van der Waals surface area contributed by atoms with Gasteiger partial charge >= 0.3 is 0 Å². The van der Waals surface area contributed by atoms with Gasteiger partial charge in [-0.3, -0.25) is 9.78 Å². The molecule has 2 aromatic heterocycles. The van der Waals surface area contributed by atoms with Crippen LogP contribution in [0.3, 0.4) is 0 Å². The molecular weight excluding hydrogens is 615 g/mol. The van der Waals surface area contributed by atoms with Crippen molar-refractivity contribution in [3.63, 3.8) is 0 Å². The monoisotopic (exact) mass is 650 g/mol. The number of carbonyl (C=O) groups excluding carboxylic acids is 1. The molecule has 0 unspecified atom stereocenters. The van der Waals surface area contributed by atoms with E-state index in [9.17, 15) is 4.79 Å². The third-order valence-corrected chi connectivity index (χ3v) is 8.37. The summed E-state index contributed by atoms with van der Waals surface area (Å²) in [6.45, 7) is 2.30.